The monoisotopic (exact) mass is 587 g/mol. The van der Waals surface area contributed by atoms with Gasteiger partial charge in [0.05, 0.1) is 22.8 Å². The van der Waals surface area contributed by atoms with E-state index in [0.717, 1.165) is 20.9 Å². The first-order valence-electron chi connectivity index (χ1n) is 12.1. The lowest BCUT2D eigenvalue weighted by Crippen LogP contribution is -1.96. The zero-order chi connectivity index (χ0) is 29.6. The van der Waals surface area contributed by atoms with E-state index in [4.69, 9.17) is 20.6 Å². The normalized spacial score (nSPS) is 11.5. The molecule has 42 heavy (non-hydrogen) atoms. The van der Waals surface area contributed by atoms with Crippen LogP contribution in [-0.4, -0.2) is 37.1 Å². The molecule has 0 aliphatic heterocycles. The van der Waals surface area contributed by atoms with E-state index in [0.29, 0.717) is 32.5 Å². The Bertz CT molecular complexity index is 1980. The van der Waals surface area contributed by atoms with Gasteiger partial charge in [0.25, 0.3) is 0 Å². The maximum Gasteiger partial charge on any atom is 0.346 e. The summed E-state index contributed by atoms with van der Waals surface area (Å²) in [6, 6.07) is 23.6. The first kappa shape index (κ1) is 27.8. The second-order valence-corrected chi connectivity index (χ2v) is 10.9. The molecule has 0 saturated heterocycles. The fraction of sp³-hybridized carbons (Fsp3) is 0. The van der Waals surface area contributed by atoms with E-state index < -0.39 is 11.9 Å². The van der Waals surface area contributed by atoms with Crippen LogP contribution in [-0.2, 0) is 9.59 Å². The van der Waals surface area contributed by atoms with Crippen LogP contribution in [0.2, 0.25) is 0 Å². The van der Waals surface area contributed by atoms with Gasteiger partial charge in [-0.25, -0.2) is 14.6 Å². The number of nitriles is 2. The van der Waals surface area contributed by atoms with Crippen molar-refractivity contribution in [2.75, 3.05) is 0 Å². The smallest absolute Gasteiger partial charge is 0.346 e. The Morgan fingerprint density at radius 2 is 1.21 bits per heavy atom. The summed E-state index contributed by atoms with van der Waals surface area (Å²) in [5, 5.41) is 36.6. The van der Waals surface area contributed by atoms with Gasteiger partial charge in [0.2, 0.25) is 0 Å². The zero-order valence-corrected chi connectivity index (χ0v) is 23.1. The molecule has 0 spiro atoms. The van der Waals surface area contributed by atoms with Crippen molar-refractivity contribution in [3.05, 3.63) is 100 Å². The molecule has 5 heterocycles. The number of thiophene rings is 2. The van der Waals surface area contributed by atoms with Gasteiger partial charge in [-0.15, -0.1) is 22.7 Å². The molecule has 0 aromatic carbocycles. The molecule has 0 aliphatic carbocycles. The van der Waals surface area contributed by atoms with Crippen molar-refractivity contribution in [1.82, 2.24) is 15.0 Å². The molecule has 0 fully saturated rings. The maximum absolute atomic E-state index is 11.3. The van der Waals surface area contributed by atoms with Gasteiger partial charge in [-0.1, -0.05) is 6.07 Å². The van der Waals surface area contributed by atoms with Gasteiger partial charge >= 0.3 is 11.9 Å². The molecule has 0 amide bonds. The molecule has 5 aromatic rings. The summed E-state index contributed by atoms with van der Waals surface area (Å²) in [5.41, 5.74) is 3.40. The number of aliphatic carboxylic acids is 2. The highest BCUT2D eigenvalue weighted by molar-refractivity contribution is 7.16. The Kier molecular flexibility index (Phi) is 8.07. The number of aromatic nitrogens is 3. The SMILES string of the molecule is N#C/C(=C/c1ccc(-c2ccnc(-c3cc(-c4ccc(/C=C(\C#N)C(=O)O)s4)cc(-c4ccccn4)n3)c2)s1)C(=O)O. The second kappa shape index (κ2) is 12.2. The van der Waals surface area contributed by atoms with Crippen LogP contribution >= 0.6 is 22.7 Å². The lowest BCUT2D eigenvalue weighted by molar-refractivity contribution is -0.133. The summed E-state index contributed by atoms with van der Waals surface area (Å²) in [6.07, 6.45) is 6.01. The van der Waals surface area contributed by atoms with Crippen molar-refractivity contribution in [2.24, 2.45) is 0 Å². The van der Waals surface area contributed by atoms with Crippen LogP contribution in [0.3, 0.4) is 0 Å². The molecule has 9 nitrogen and oxygen atoms in total. The summed E-state index contributed by atoms with van der Waals surface area (Å²) in [5.74, 6) is -2.57. The van der Waals surface area contributed by atoms with Gasteiger partial charge in [-0.3, -0.25) is 9.97 Å². The largest absolute Gasteiger partial charge is 0.477 e. The fourth-order valence-electron chi connectivity index (χ4n) is 3.91. The van der Waals surface area contributed by atoms with Crippen LogP contribution in [0.1, 0.15) is 9.75 Å². The number of nitrogens with zero attached hydrogens (tertiary/aromatic N) is 5. The molecule has 2 N–H and O–H groups in total. The average molecular weight is 588 g/mol. The summed E-state index contributed by atoms with van der Waals surface area (Å²) in [7, 11) is 0. The third-order valence-electron chi connectivity index (χ3n) is 5.87. The lowest BCUT2D eigenvalue weighted by atomic mass is 10.1. The standard InChI is InChI=1S/C31H17N5O4S2/c32-16-20(30(37)38)11-22-4-6-28(41-22)18-8-10-35-25(13-18)27-15-19(14-26(36-27)24-3-1-2-9-34-24)29-7-5-23(42-29)12-21(17-33)31(39)40/h1-15H,(H,37,38)(H,39,40)/b20-11-,21-12+. The van der Waals surface area contributed by atoms with Crippen molar-refractivity contribution >= 4 is 46.8 Å². The molecule has 0 aliphatic rings. The molecular weight excluding hydrogens is 571 g/mol. The number of carboxylic acid groups (broad SMARTS) is 2. The molecule has 0 saturated carbocycles. The summed E-state index contributed by atoms with van der Waals surface area (Å²) < 4.78 is 0. The number of rotatable bonds is 8. The Morgan fingerprint density at radius 1 is 0.667 bits per heavy atom. The minimum absolute atomic E-state index is 0.346. The minimum atomic E-state index is -1.29. The molecule has 0 unspecified atom stereocenters. The molecule has 11 heteroatoms. The highest BCUT2D eigenvalue weighted by atomic mass is 32.1. The highest BCUT2D eigenvalue weighted by Crippen LogP contribution is 2.35. The van der Waals surface area contributed by atoms with Gasteiger partial charge in [0, 0.05) is 31.9 Å². The summed E-state index contributed by atoms with van der Waals surface area (Å²) in [4.78, 5) is 39.3. The van der Waals surface area contributed by atoms with E-state index >= 15 is 0 Å². The lowest BCUT2D eigenvalue weighted by Gasteiger charge is -2.09. The first-order chi connectivity index (χ1) is 20.3. The zero-order valence-electron chi connectivity index (χ0n) is 21.4. The van der Waals surface area contributed by atoms with Crippen molar-refractivity contribution < 1.29 is 19.8 Å². The molecule has 0 bridgehead atoms. The number of carboxylic acids is 2. The Morgan fingerprint density at radius 3 is 1.76 bits per heavy atom. The number of pyridine rings is 3. The summed E-state index contributed by atoms with van der Waals surface area (Å²) in [6.45, 7) is 0. The molecular formula is C31H17N5O4S2. The van der Waals surface area contributed by atoms with Crippen LogP contribution in [0.4, 0.5) is 0 Å². The van der Waals surface area contributed by atoms with Crippen LogP contribution < -0.4 is 0 Å². The van der Waals surface area contributed by atoms with Crippen molar-refractivity contribution in [3.8, 4) is 55.8 Å². The number of hydrogen-bond donors (Lipinski definition) is 2. The van der Waals surface area contributed by atoms with Gasteiger partial charge < -0.3 is 10.2 Å². The Labute approximate surface area is 247 Å². The van der Waals surface area contributed by atoms with Crippen LogP contribution in [0.15, 0.2) is 90.3 Å². The fourth-order valence-corrected chi connectivity index (χ4v) is 5.80. The Balaban J connectivity index is 1.57. The third kappa shape index (κ3) is 6.18. The van der Waals surface area contributed by atoms with E-state index in [1.165, 1.54) is 34.8 Å². The van der Waals surface area contributed by atoms with E-state index in [1.807, 2.05) is 54.6 Å². The van der Waals surface area contributed by atoms with Crippen LogP contribution in [0, 0.1) is 22.7 Å². The van der Waals surface area contributed by atoms with Gasteiger partial charge in [0.15, 0.2) is 0 Å². The van der Waals surface area contributed by atoms with E-state index in [-0.39, 0.29) is 11.1 Å². The van der Waals surface area contributed by atoms with E-state index in [2.05, 4.69) is 9.97 Å². The van der Waals surface area contributed by atoms with Crippen molar-refractivity contribution in [3.63, 3.8) is 0 Å². The maximum atomic E-state index is 11.3. The van der Waals surface area contributed by atoms with Gasteiger partial charge in [-0.05, 0) is 83.9 Å². The van der Waals surface area contributed by atoms with Crippen LogP contribution in [0.5, 0.6) is 0 Å². The quantitative estimate of drug-likeness (QED) is 0.150. The second-order valence-electron chi connectivity index (χ2n) is 8.63. The minimum Gasteiger partial charge on any atom is -0.477 e. The van der Waals surface area contributed by atoms with Gasteiger partial charge in [-0.2, -0.15) is 10.5 Å². The predicted molar refractivity (Wildman–Crippen MR) is 160 cm³/mol. The molecule has 0 radical (unpaired) electrons. The predicted octanol–water partition coefficient (Wildman–Crippen LogP) is 6.65. The van der Waals surface area contributed by atoms with Crippen LogP contribution in [0.25, 0.3) is 55.8 Å². The average Bonchev–Trinajstić information content (AvgIpc) is 3.69. The molecule has 5 rings (SSSR count). The summed E-state index contributed by atoms with van der Waals surface area (Å²) >= 11 is 2.68. The van der Waals surface area contributed by atoms with E-state index in [1.54, 1.807) is 36.7 Å². The first-order valence-corrected chi connectivity index (χ1v) is 13.8. The topological polar surface area (TPSA) is 161 Å². The number of carbonyl (C=O) groups is 2. The molecule has 0 atom stereocenters. The Hall–Kier alpha value is -5.75. The van der Waals surface area contributed by atoms with Crippen molar-refractivity contribution in [1.29, 1.82) is 10.5 Å². The molecule has 202 valence electrons. The third-order valence-corrected chi connectivity index (χ3v) is 8.04. The number of hydrogen-bond acceptors (Lipinski definition) is 9. The van der Waals surface area contributed by atoms with Crippen molar-refractivity contribution in [2.45, 2.75) is 0 Å². The van der Waals surface area contributed by atoms with E-state index in [9.17, 15) is 14.7 Å². The van der Waals surface area contributed by atoms with Gasteiger partial charge in [0.1, 0.15) is 23.3 Å². The highest BCUT2D eigenvalue weighted by Gasteiger charge is 2.14. The molecule has 5 aromatic heterocycles.